The maximum absolute atomic E-state index is 13.2. The number of sulfonamides is 1. The smallest absolute Gasteiger partial charge is 0.256 e. The van der Waals surface area contributed by atoms with Crippen LogP contribution in [0.1, 0.15) is 16.1 Å². The average molecular weight is 490 g/mol. The van der Waals surface area contributed by atoms with Gasteiger partial charge in [0.15, 0.2) is 0 Å². The lowest BCUT2D eigenvalue weighted by molar-refractivity contribution is 0.102. The van der Waals surface area contributed by atoms with Crippen molar-refractivity contribution in [3.05, 3.63) is 102 Å². The number of fused-ring (bicyclic) bond motifs is 1. The lowest BCUT2D eigenvalue weighted by Crippen LogP contribution is -2.23. The van der Waals surface area contributed by atoms with Gasteiger partial charge in [0.05, 0.1) is 39.4 Å². The summed E-state index contributed by atoms with van der Waals surface area (Å²) in [4.78, 5) is 18.9. The monoisotopic (exact) mass is 489 g/mol. The molecule has 2 N–H and O–H groups in total. The van der Waals surface area contributed by atoms with Gasteiger partial charge in [0.2, 0.25) is 10.0 Å². The first-order valence-electron chi connectivity index (χ1n) is 10.4. The molecule has 0 aliphatic rings. The summed E-state index contributed by atoms with van der Waals surface area (Å²) in [7, 11) is -3.72. The Labute approximate surface area is 200 Å². The minimum absolute atomic E-state index is 0.0511. The fourth-order valence-corrected chi connectivity index (χ4v) is 5.17. The minimum Gasteiger partial charge on any atom is -0.468 e. The predicted octanol–water partition coefficient (Wildman–Crippen LogP) is 5.29. The Kier molecular flexibility index (Phi) is 5.97. The summed E-state index contributed by atoms with van der Waals surface area (Å²) in [6, 6.07) is 22.5. The second-order valence-electron chi connectivity index (χ2n) is 7.43. The molecular weight excluding hydrogens is 470 g/mol. The highest BCUT2D eigenvalue weighted by Gasteiger charge is 2.17. The maximum Gasteiger partial charge on any atom is 0.256 e. The van der Waals surface area contributed by atoms with Crippen LogP contribution >= 0.6 is 11.3 Å². The van der Waals surface area contributed by atoms with Crippen LogP contribution in [0.15, 0.2) is 99.8 Å². The van der Waals surface area contributed by atoms with E-state index in [2.05, 4.69) is 10.0 Å². The van der Waals surface area contributed by atoms with Gasteiger partial charge in [0.25, 0.3) is 5.91 Å². The number of nitrogens with zero attached hydrogens (tertiary/aromatic N) is 1. The van der Waals surface area contributed by atoms with Crippen molar-refractivity contribution in [2.45, 2.75) is 11.4 Å². The Morgan fingerprint density at radius 1 is 0.971 bits per heavy atom. The van der Waals surface area contributed by atoms with Crippen LogP contribution in [0.2, 0.25) is 0 Å². The number of hydrogen-bond acceptors (Lipinski definition) is 6. The highest BCUT2D eigenvalue weighted by atomic mass is 32.2. The van der Waals surface area contributed by atoms with Crippen molar-refractivity contribution in [1.29, 1.82) is 0 Å². The third-order valence-electron chi connectivity index (χ3n) is 5.17. The van der Waals surface area contributed by atoms with Crippen LogP contribution in [0.5, 0.6) is 0 Å². The van der Waals surface area contributed by atoms with Gasteiger partial charge in [-0.3, -0.25) is 4.79 Å². The summed E-state index contributed by atoms with van der Waals surface area (Å²) in [6.45, 7) is 0.0511. The summed E-state index contributed by atoms with van der Waals surface area (Å²) in [5, 5.41) is 5.56. The summed E-state index contributed by atoms with van der Waals surface area (Å²) in [5.74, 6) is 0.210. The fraction of sp³-hybridized carbons (Fsp3) is 0.0400. The van der Waals surface area contributed by atoms with E-state index in [1.54, 1.807) is 41.7 Å². The zero-order valence-electron chi connectivity index (χ0n) is 17.8. The van der Waals surface area contributed by atoms with Gasteiger partial charge in [-0.25, -0.2) is 18.1 Å². The zero-order chi connectivity index (χ0) is 23.5. The first kappa shape index (κ1) is 22.0. The molecule has 0 bridgehead atoms. The maximum atomic E-state index is 13.2. The molecule has 2 aromatic carbocycles. The lowest BCUT2D eigenvalue weighted by Gasteiger charge is -2.11. The number of hydrogen-bond donors (Lipinski definition) is 2. The fourth-order valence-electron chi connectivity index (χ4n) is 3.49. The molecule has 0 atom stereocenters. The summed E-state index contributed by atoms with van der Waals surface area (Å²) in [5.41, 5.74) is 2.42. The molecule has 0 saturated carbocycles. The van der Waals surface area contributed by atoms with E-state index in [-0.39, 0.29) is 17.3 Å². The summed E-state index contributed by atoms with van der Waals surface area (Å²) in [6.07, 6.45) is 1.48. The minimum atomic E-state index is -3.72. The van der Waals surface area contributed by atoms with Crippen molar-refractivity contribution in [2.75, 3.05) is 5.32 Å². The number of anilines is 1. The molecule has 5 aromatic rings. The number of amides is 1. The average Bonchev–Trinajstić information content (AvgIpc) is 3.57. The molecule has 3 aromatic heterocycles. The number of thiophene rings is 1. The van der Waals surface area contributed by atoms with Crippen molar-refractivity contribution < 1.29 is 17.6 Å². The van der Waals surface area contributed by atoms with E-state index in [1.165, 1.54) is 18.4 Å². The van der Waals surface area contributed by atoms with Crippen molar-refractivity contribution in [3.8, 4) is 10.6 Å². The van der Waals surface area contributed by atoms with Crippen molar-refractivity contribution in [1.82, 2.24) is 9.71 Å². The molecule has 34 heavy (non-hydrogen) atoms. The van der Waals surface area contributed by atoms with E-state index in [0.29, 0.717) is 17.0 Å². The molecule has 0 aliphatic heterocycles. The number of aromatic nitrogens is 1. The molecule has 0 spiro atoms. The van der Waals surface area contributed by atoms with E-state index in [4.69, 9.17) is 9.40 Å². The molecule has 7 nitrogen and oxygen atoms in total. The molecule has 0 aliphatic carbocycles. The number of benzene rings is 2. The van der Waals surface area contributed by atoms with Gasteiger partial charge in [0.1, 0.15) is 5.76 Å². The Balaban J connectivity index is 1.37. The number of carbonyl (C=O) groups excluding carboxylic acids is 1. The van der Waals surface area contributed by atoms with Crippen LogP contribution in [0.3, 0.4) is 0 Å². The van der Waals surface area contributed by atoms with Crippen LogP contribution in [0.4, 0.5) is 5.69 Å². The zero-order valence-corrected chi connectivity index (χ0v) is 19.4. The topological polar surface area (TPSA) is 101 Å². The Morgan fingerprint density at radius 2 is 1.79 bits per heavy atom. The van der Waals surface area contributed by atoms with Crippen LogP contribution in [0, 0.1) is 0 Å². The van der Waals surface area contributed by atoms with Gasteiger partial charge in [-0.1, -0.05) is 24.3 Å². The second-order valence-corrected chi connectivity index (χ2v) is 10.1. The van der Waals surface area contributed by atoms with E-state index in [1.807, 2.05) is 41.8 Å². The third kappa shape index (κ3) is 4.62. The molecular formula is C25H19N3O4S2. The SMILES string of the molecule is O=C(Nc1ccc(S(=O)(=O)NCc2ccco2)cc1)c1cc(-c2cccs2)nc2ccccc12. The van der Waals surface area contributed by atoms with Crippen molar-refractivity contribution >= 4 is 43.9 Å². The number of nitrogens with one attached hydrogen (secondary N) is 2. The van der Waals surface area contributed by atoms with Crippen LogP contribution < -0.4 is 10.0 Å². The molecule has 0 unspecified atom stereocenters. The largest absolute Gasteiger partial charge is 0.468 e. The lowest BCUT2D eigenvalue weighted by atomic mass is 10.1. The molecule has 3 heterocycles. The van der Waals surface area contributed by atoms with Crippen molar-refractivity contribution in [2.24, 2.45) is 0 Å². The number of carbonyl (C=O) groups is 1. The van der Waals surface area contributed by atoms with Crippen LogP contribution in [-0.2, 0) is 16.6 Å². The normalized spacial score (nSPS) is 11.5. The first-order valence-corrected chi connectivity index (χ1v) is 12.7. The summed E-state index contributed by atoms with van der Waals surface area (Å²) < 4.78 is 32.7. The van der Waals surface area contributed by atoms with Gasteiger partial charge in [-0.2, -0.15) is 0 Å². The number of rotatable bonds is 7. The molecule has 0 saturated heterocycles. The third-order valence-corrected chi connectivity index (χ3v) is 7.48. The Hall–Kier alpha value is -3.79. The molecule has 9 heteroatoms. The van der Waals surface area contributed by atoms with Gasteiger partial charge in [-0.15, -0.1) is 11.3 Å². The molecule has 170 valence electrons. The number of furan rings is 1. The van der Waals surface area contributed by atoms with Gasteiger partial charge in [-0.05, 0) is 60.0 Å². The first-order chi connectivity index (χ1) is 16.5. The number of para-hydroxylation sites is 1. The van der Waals surface area contributed by atoms with E-state index in [9.17, 15) is 13.2 Å². The second kappa shape index (κ2) is 9.22. The van der Waals surface area contributed by atoms with Gasteiger partial charge < -0.3 is 9.73 Å². The molecule has 0 radical (unpaired) electrons. The van der Waals surface area contributed by atoms with Crippen molar-refractivity contribution in [3.63, 3.8) is 0 Å². The summed E-state index contributed by atoms with van der Waals surface area (Å²) >= 11 is 1.55. The molecule has 5 rings (SSSR count). The van der Waals surface area contributed by atoms with E-state index in [0.717, 1.165) is 21.5 Å². The van der Waals surface area contributed by atoms with Crippen LogP contribution in [0.25, 0.3) is 21.5 Å². The highest BCUT2D eigenvalue weighted by Crippen LogP contribution is 2.28. The quantitative estimate of drug-likeness (QED) is 0.324. The molecule has 1 amide bonds. The Bertz CT molecular complexity index is 1540. The van der Waals surface area contributed by atoms with Gasteiger partial charge in [0, 0.05) is 11.1 Å². The standard InChI is InChI=1S/C25H19N3O4S2/c29-25(21-15-23(24-8-4-14-33-24)28-22-7-2-1-6-20(21)22)27-17-9-11-19(12-10-17)34(30,31)26-16-18-5-3-13-32-18/h1-15,26H,16H2,(H,27,29). The Morgan fingerprint density at radius 3 is 2.53 bits per heavy atom. The van der Waals surface area contributed by atoms with E-state index < -0.39 is 10.0 Å². The highest BCUT2D eigenvalue weighted by molar-refractivity contribution is 7.89. The molecule has 0 fully saturated rings. The van der Waals surface area contributed by atoms with Gasteiger partial charge >= 0.3 is 0 Å². The van der Waals surface area contributed by atoms with Crippen LogP contribution in [-0.4, -0.2) is 19.3 Å². The van der Waals surface area contributed by atoms with E-state index >= 15 is 0 Å². The number of pyridine rings is 1. The predicted molar refractivity (Wildman–Crippen MR) is 132 cm³/mol.